The van der Waals surface area contributed by atoms with Crippen LogP contribution in [0.1, 0.15) is 43.7 Å². The summed E-state index contributed by atoms with van der Waals surface area (Å²) in [6, 6.07) is 8.49. The summed E-state index contributed by atoms with van der Waals surface area (Å²) >= 11 is 0. The van der Waals surface area contributed by atoms with E-state index in [1.54, 1.807) is 0 Å². The number of amides is 2. The number of carbonyl (C=O) groups is 2. The van der Waals surface area contributed by atoms with E-state index in [1.807, 2.05) is 16.8 Å². The maximum absolute atomic E-state index is 12.7. The summed E-state index contributed by atoms with van der Waals surface area (Å²) < 4.78 is 0. The maximum Gasteiger partial charge on any atom is 0.236 e. The first-order valence-corrected chi connectivity index (χ1v) is 10.2. The minimum Gasteiger partial charge on any atom is -0.342 e. The smallest absolute Gasteiger partial charge is 0.236 e. The van der Waals surface area contributed by atoms with E-state index in [9.17, 15) is 9.59 Å². The van der Waals surface area contributed by atoms with Gasteiger partial charge in [-0.3, -0.25) is 14.5 Å². The second kappa shape index (κ2) is 8.42. The first kappa shape index (κ1) is 19.9. The van der Waals surface area contributed by atoms with E-state index in [2.05, 4.69) is 43.0 Å². The lowest BCUT2D eigenvalue weighted by molar-refractivity contribution is -0.142. The largest absolute Gasteiger partial charge is 0.342 e. The Balaban J connectivity index is 1.48. The number of likely N-dealkylation sites (N-methyl/N-ethyl adjacent to an activating group) is 1. The van der Waals surface area contributed by atoms with Crippen LogP contribution in [0.2, 0.25) is 0 Å². The Morgan fingerprint density at radius 2 is 1.81 bits per heavy atom. The molecule has 2 aliphatic heterocycles. The maximum atomic E-state index is 12.7. The molecule has 0 aliphatic carbocycles. The van der Waals surface area contributed by atoms with Crippen LogP contribution < -0.4 is 0 Å². The van der Waals surface area contributed by atoms with Crippen LogP contribution in [0.4, 0.5) is 0 Å². The van der Waals surface area contributed by atoms with E-state index in [1.165, 1.54) is 11.1 Å². The number of likely N-dealkylation sites (tertiary alicyclic amines) is 2. The summed E-state index contributed by atoms with van der Waals surface area (Å²) in [5, 5.41) is 0. The Bertz CT molecular complexity index is 663. The van der Waals surface area contributed by atoms with E-state index in [0.717, 1.165) is 52.0 Å². The monoisotopic (exact) mass is 371 g/mol. The van der Waals surface area contributed by atoms with Gasteiger partial charge in [0.15, 0.2) is 0 Å². The number of hydrogen-bond donors (Lipinski definition) is 0. The van der Waals surface area contributed by atoms with Crippen LogP contribution >= 0.6 is 0 Å². The molecular weight excluding hydrogens is 338 g/mol. The molecule has 2 amide bonds. The molecule has 0 radical (unpaired) electrons. The van der Waals surface area contributed by atoms with Crippen LogP contribution in [0.15, 0.2) is 24.3 Å². The van der Waals surface area contributed by atoms with Crippen LogP contribution in [0.5, 0.6) is 0 Å². The zero-order chi connectivity index (χ0) is 19.4. The van der Waals surface area contributed by atoms with E-state index in [4.69, 9.17) is 0 Å². The van der Waals surface area contributed by atoms with Gasteiger partial charge in [0.25, 0.3) is 0 Å². The molecule has 3 rings (SSSR count). The molecule has 148 valence electrons. The number of hydrogen-bond acceptors (Lipinski definition) is 3. The average Bonchev–Trinajstić information content (AvgIpc) is 2.66. The normalized spacial score (nSPS) is 19.8. The molecule has 0 bridgehead atoms. The van der Waals surface area contributed by atoms with Gasteiger partial charge in [0.2, 0.25) is 11.8 Å². The number of benzene rings is 1. The number of rotatable bonds is 5. The predicted octanol–water partition coefficient (Wildman–Crippen LogP) is 2.68. The van der Waals surface area contributed by atoms with Crippen LogP contribution in [0, 0.1) is 12.3 Å². The molecule has 2 fully saturated rings. The Kier molecular flexibility index (Phi) is 6.20. The first-order valence-electron chi connectivity index (χ1n) is 10.2. The predicted molar refractivity (Wildman–Crippen MR) is 107 cm³/mol. The highest BCUT2D eigenvalue weighted by Gasteiger charge is 2.41. The van der Waals surface area contributed by atoms with Crippen molar-refractivity contribution in [1.29, 1.82) is 0 Å². The molecule has 2 saturated heterocycles. The van der Waals surface area contributed by atoms with Gasteiger partial charge in [0.05, 0.1) is 6.54 Å². The van der Waals surface area contributed by atoms with E-state index in [0.29, 0.717) is 18.9 Å². The van der Waals surface area contributed by atoms with Crippen molar-refractivity contribution in [2.24, 2.45) is 5.41 Å². The number of piperidine rings is 2. The molecule has 1 spiro atoms. The SMILES string of the molecule is CCN1CC2(CCC1=O)CCN(C(=O)CN(C)Cc1ccc(C)cc1)CC2. The molecule has 0 aromatic heterocycles. The number of aryl methyl sites for hydroxylation is 1. The molecule has 2 heterocycles. The van der Waals surface area contributed by atoms with Gasteiger partial charge in [-0.2, -0.15) is 0 Å². The van der Waals surface area contributed by atoms with E-state index in [-0.39, 0.29) is 11.3 Å². The lowest BCUT2D eigenvalue weighted by Gasteiger charge is -2.47. The Labute approximate surface area is 163 Å². The van der Waals surface area contributed by atoms with Gasteiger partial charge >= 0.3 is 0 Å². The van der Waals surface area contributed by atoms with Gasteiger partial charge in [0.1, 0.15) is 0 Å². The molecule has 0 N–H and O–H groups in total. The van der Waals surface area contributed by atoms with E-state index < -0.39 is 0 Å². The van der Waals surface area contributed by atoms with Gasteiger partial charge < -0.3 is 9.80 Å². The third-order valence-electron chi connectivity index (χ3n) is 6.28. The van der Waals surface area contributed by atoms with Gasteiger partial charge in [-0.15, -0.1) is 0 Å². The lowest BCUT2D eigenvalue weighted by Crippen LogP contribution is -2.53. The standard InChI is InChI=1S/C22H33N3O2/c1-4-24-17-22(10-9-20(24)26)11-13-25(14-12-22)21(27)16-23(3)15-19-7-5-18(2)6-8-19/h5-8H,4,9-17H2,1-3H3. The molecule has 2 aliphatic rings. The fourth-order valence-electron chi connectivity index (χ4n) is 4.42. The summed E-state index contributed by atoms with van der Waals surface area (Å²) in [5.41, 5.74) is 2.72. The van der Waals surface area contributed by atoms with Crippen molar-refractivity contribution in [3.63, 3.8) is 0 Å². The fourth-order valence-corrected chi connectivity index (χ4v) is 4.42. The highest BCUT2D eigenvalue weighted by atomic mass is 16.2. The molecule has 1 aromatic rings. The quantitative estimate of drug-likeness (QED) is 0.799. The Morgan fingerprint density at radius 3 is 2.44 bits per heavy atom. The second-order valence-electron chi connectivity index (χ2n) is 8.45. The van der Waals surface area contributed by atoms with Crippen molar-refractivity contribution >= 4 is 11.8 Å². The molecular formula is C22H33N3O2. The van der Waals surface area contributed by atoms with Crippen molar-refractivity contribution in [1.82, 2.24) is 14.7 Å². The average molecular weight is 372 g/mol. The zero-order valence-corrected chi connectivity index (χ0v) is 17.0. The first-order chi connectivity index (χ1) is 12.9. The molecule has 0 unspecified atom stereocenters. The van der Waals surface area contributed by atoms with Crippen LogP contribution in [-0.4, -0.2) is 66.3 Å². The third-order valence-corrected chi connectivity index (χ3v) is 6.28. The van der Waals surface area contributed by atoms with Crippen LogP contribution in [-0.2, 0) is 16.1 Å². The Hall–Kier alpha value is -1.88. The lowest BCUT2D eigenvalue weighted by atomic mass is 9.72. The molecule has 5 nitrogen and oxygen atoms in total. The topological polar surface area (TPSA) is 43.9 Å². The molecule has 27 heavy (non-hydrogen) atoms. The van der Waals surface area contributed by atoms with Crippen LogP contribution in [0.25, 0.3) is 0 Å². The molecule has 1 aromatic carbocycles. The van der Waals surface area contributed by atoms with Crippen molar-refractivity contribution in [2.45, 2.75) is 46.1 Å². The zero-order valence-electron chi connectivity index (χ0n) is 17.0. The van der Waals surface area contributed by atoms with Crippen LogP contribution in [0.3, 0.4) is 0 Å². The minimum atomic E-state index is 0.221. The van der Waals surface area contributed by atoms with Crippen molar-refractivity contribution in [3.8, 4) is 0 Å². The number of carbonyl (C=O) groups excluding carboxylic acids is 2. The minimum absolute atomic E-state index is 0.221. The van der Waals surface area contributed by atoms with Gasteiger partial charge in [-0.25, -0.2) is 0 Å². The summed E-state index contributed by atoms with van der Waals surface area (Å²) in [7, 11) is 2.01. The van der Waals surface area contributed by atoms with Gasteiger partial charge in [-0.1, -0.05) is 29.8 Å². The Morgan fingerprint density at radius 1 is 1.15 bits per heavy atom. The summed E-state index contributed by atoms with van der Waals surface area (Å²) in [6.07, 6.45) is 3.69. The highest BCUT2D eigenvalue weighted by molar-refractivity contribution is 5.78. The highest BCUT2D eigenvalue weighted by Crippen LogP contribution is 2.40. The summed E-state index contributed by atoms with van der Waals surface area (Å²) in [6.45, 7) is 8.70. The second-order valence-corrected chi connectivity index (χ2v) is 8.45. The van der Waals surface area contributed by atoms with Gasteiger partial charge in [0, 0.05) is 39.1 Å². The molecule has 5 heteroatoms. The van der Waals surface area contributed by atoms with Gasteiger partial charge in [-0.05, 0) is 51.1 Å². The summed E-state index contributed by atoms with van der Waals surface area (Å²) in [5.74, 6) is 0.512. The molecule has 0 atom stereocenters. The number of nitrogens with zero attached hydrogens (tertiary/aromatic N) is 3. The van der Waals surface area contributed by atoms with Crippen molar-refractivity contribution in [2.75, 3.05) is 39.8 Å². The van der Waals surface area contributed by atoms with E-state index >= 15 is 0 Å². The van der Waals surface area contributed by atoms with Crippen molar-refractivity contribution in [3.05, 3.63) is 35.4 Å². The fraction of sp³-hybridized carbons (Fsp3) is 0.636. The third kappa shape index (κ3) is 4.89. The molecule has 0 saturated carbocycles. The summed E-state index contributed by atoms with van der Waals surface area (Å²) in [4.78, 5) is 30.8. The van der Waals surface area contributed by atoms with Crippen molar-refractivity contribution < 1.29 is 9.59 Å².